The molecule has 0 bridgehead atoms. The van der Waals surface area contributed by atoms with Crippen molar-refractivity contribution in [1.82, 2.24) is 4.90 Å². The number of nitrogens with two attached hydrogens (primary N) is 1. The van der Waals surface area contributed by atoms with Crippen LogP contribution in [0.2, 0.25) is 0 Å². The van der Waals surface area contributed by atoms with Gasteiger partial charge in [-0.15, -0.1) is 0 Å². The second-order valence-corrected chi connectivity index (χ2v) is 5.25. The predicted molar refractivity (Wildman–Crippen MR) is 75.3 cm³/mol. The number of carbonyl (C=O) groups excluding carboxylic acids is 1. The van der Waals surface area contributed by atoms with Gasteiger partial charge in [0.15, 0.2) is 0 Å². The molecule has 19 heavy (non-hydrogen) atoms. The molecule has 0 aromatic heterocycles. The Kier molecular flexibility index (Phi) is 4.10. The lowest BCUT2D eigenvalue weighted by atomic mass is 9.85. The second kappa shape index (κ2) is 5.61. The average Bonchev–Trinajstić information content (AvgIpc) is 2.38. The van der Waals surface area contributed by atoms with E-state index in [0.717, 1.165) is 24.3 Å². The van der Waals surface area contributed by atoms with Gasteiger partial charge in [-0.05, 0) is 30.5 Å². The Morgan fingerprint density at radius 1 is 1.47 bits per heavy atom. The van der Waals surface area contributed by atoms with Crippen molar-refractivity contribution in [3.63, 3.8) is 0 Å². The highest BCUT2D eigenvalue weighted by Crippen LogP contribution is 2.30. The molecule has 0 spiro atoms. The standard InChI is InChI=1S/C15H22N2O2/c1-10-8-12(4-5-15(10)19-3)13-6-7-17(11(2)18)9-14(13)16/h4-5,8,13-14H,6-7,9,16H2,1-3H3. The third-order valence-electron chi connectivity index (χ3n) is 3.95. The van der Waals surface area contributed by atoms with Crippen molar-refractivity contribution in [1.29, 1.82) is 0 Å². The Morgan fingerprint density at radius 3 is 2.74 bits per heavy atom. The van der Waals surface area contributed by atoms with E-state index in [-0.39, 0.29) is 11.9 Å². The monoisotopic (exact) mass is 262 g/mol. The van der Waals surface area contributed by atoms with Crippen LogP contribution in [0.4, 0.5) is 0 Å². The molecule has 1 amide bonds. The first-order chi connectivity index (χ1) is 9.02. The van der Waals surface area contributed by atoms with Gasteiger partial charge in [-0.2, -0.15) is 0 Å². The third-order valence-corrected chi connectivity index (χ3v) is 3.95. The van der Waals surface area contributed by atoms with Crippen LogP contribution in [-0.2, 0) is 4.79 Å². The number of ether oxygens (including phenoxy) is 1. The molecule has 1 aromatic carbocycles. The number of likely N-dealkylation sites (tertiary alicyclic amines) is 1. The number of hydrogen-bond acceptors (Lipinski definition) is 3. The molecular weight excluding hydrogens is 240 g/mol. The fourth-order valence-electron chi connectivity index (χ4n) is 2.81. The lowest BCUT2D eigenvalue weighted by Gasteiger charge is -2.36. The molecule has 4 heteroatoms. The highest BCUT2D eigenvalue weighted by molar-refractivity contribution is 5.73. The SMILES string of the molecule is COc1ccc(C2CCN(C(C)=O)CC2N)cc1C. The van der Waals surface area contributed by atoms with Gasteiger partial charge in [-0.1, -0.05) is 12.1 Å². The molecule has 1 aromatic rings. The molecule has 1 heterocycles. The van der Waals surface area contributed by atoms with E-state index in [1.807, 2.05) is 17.9 Å². The number of nitrogens with zero attached hydrogens (tertiary/aromatic N) is 1. The van der Waals surface area contributed by atoms with Gasteiger partial charge in [0.2, 0.25) is 5.91 Å². The largest absolute Gasteiger partial charge is 0.496 e. The predicted octanol–water partition coefficient (Wildman–Crippen LogP) is 1.67. The Balaban J connectivity index is 2.15. The molecule has 2 rings (SSSR count). The highest BCUT2D eigenvalue weighted by atomic mass is 16.5. The van der Waals surface area contributed by atoms with E-state index >= 15 is 0 Å². The fraction of sp³-hybridized carbons (Fsp3) is 0.533. The molecule has 0 aliphatic carbocycles. The van der Waals surface area contributed by atoms with E-state index in [1.54, 1.807) is 14.0 Å². The van der Waals surface area contributed by atoms with Crippen molar-refractivity contribution in [2.45, 2.75) is 32.2 Å². The van der Waals surface area contributed by atoms with E-state index in [4.69, 9.17) is 10.5 Å². The maximum absolute atomic E-state index is 11.4. The molecule has 2 atom stereocenters. The first-order valence-corrected chi connectivity index (χ1v) is 6.68. The minimum Gasteiger partial charge on any atom is -0.496 e. The van der Waals surface area contributed by atoms with Gasteiger partial charge in [0.25, 0.3) is 0 Å². The summed E-state index contributed by atoms with van der Waals surface area (Å²) < 4.78 is 5.28. The minimum absolute atomic E-state index is 0.00504. The first kappa shape index (κ1) is 13.9. The van der Waals surface area contributed by atoms with E-state index < -0.39 is 0 Å². The Bertz CT molecular complexity index is 473. The number of hydrogen-bond donors (Lipinski definition) is 1. The maximum atomic E-state index is 11.4. The summed E-state index contributed by atoms with van der Waals surface area (Å²) in [6, 6.07) is 6.23. The van der Waals surface area contributed by atoms with Crippen molar-refractivity contribution in [2.24, 2.45) is 5.73 Å². The van der Waals surface area contributed by atoms with Gasteiger partial charge < -0.3 is 15.4 Å². The Hall–Kier alpha value is -1.55. The van der Waals surface area contributed by atoms with Crippen LogP contribution in [0.3, 0.4) is 0 Å². The molecule has 0 radical (unpaired) electrons. The maximum Gasteiger partial charge on any atom is 0.219 e. The summed E-state index contributed by atoms with van der Waals surface area (Å²) >= 11 is 0. The van der Waals surface area contributed by atoms with Crippen LogP contribution < -0.4 is 10.5 Å². The number of aryl methyl sites for hydroxylation is 1. The zero-order valence-electron chi connectivity index (χ0n) is 11.8. The number of methoxy groups -OCH3 is 1. The molecule has 2 N–H and O–H groups in total. The van der Waals surface area contributed by atoms with Gasteiger partial charge in [-0.3, -0.25) is 4.79 Å². The quantitative estimate of drug-likeness (QED) is 0.882. The molecule has 1 saturated heterocycles. The van der Waals surface area contributed by atoms with Crippen molar-refractivity contribution >= 4 is 5.91 Å². The zero-order valence-corrected chi connectivity index (χ0v) is 11.8. The molecular formula is C15H22N2O2. The van der Waals surface area contributed by atoms with Crippen molar-refractivity contribution in [2.75, 3.05) is 20.2 Å². The number of carbonyl (C=O) groups is 1. The number of piperidine rings is 1. The molecule has 0 saturated carbocycles. The van der Waals surface area contributed by atoms with Crippen LogP contribution in [0, 0.1) is 6.92 Å². The summed E-state index contributed by atoms with van der Waals surface area (Å²) in [4.78, 5) is 13.2. The summed E-state index contributed by atoms with van der Waals surface area (Å²) in [6.45, 7) is 5.08. The summed E-state index contributed by atoms with van der Waals surface area (Å²) in [5.74, 6) is 1.33. The lowest BCUT2D eigenvalue weighted by Crippen LogP contribution is -2.48. The minimum atomic E-state index is 0.00504. The van der Waals surface area contributed by atoms with Crippen LogP contribution in [0.1, 0.15) is 30.4 Å². The zero-order chi connectivity index (χ0) is 14.0. The molecule has 4 nitrogen and oxygen atoms in total. The normalized spacial score (nSPS) is 23.3. The fourth-order valence-corrected chi connectivity index (χ4v) is 2.81. The van der Waals surface area contributed by atoms with Crippen LogP contribution in [0.25, 0.3) is 0 Å². The Labute approximate surface area is 114 Å². The summed E-state index contributed by atoms with van der Waals surface area (Å²) in [6.07, 6.45) is 0.923. The van der Waals surface area contributed by atoms with Crippen molar-refractivity contribution < 1.29 is 9.53 Å². The van der Waals surface area contributed by atoms with Crippen molar-refractivity contribution in [3.05, 3.63) is 29.3 Å². The summed E-state index contributed by atoms with van der Waals surface area (Å²) in [5.41, 5.74) is 8.61. The Morgan fingerprint density at radius 2 is 2.21 bits per heavy atom. The van der Waals surface area contributed by atoms with E-state index in [1.165, 1.54) is 5.56 Å². The van der Waals surface area contributed by atoms with Crippen LogP contribution in [0.15, 0.2) is 18.2 Å². The van der Waals surface area contributed by atoms with Crippen LogP contribution in [-0.4, -0.2) is 37.0 Å². The highest BCUT2D eigenvalue weighted by Gasteiger charge is 2.28. The van der Waals surface area contributed by atoms with Gasteiger partial charge in [-0.25, -0.2) is 0 Å². The summed E-state index contributed by atoms with van der Waals surface area (Å²) in [5, 5.41) is 0. The lowest BCUT2D eigenvalue weighted by molar-refractivity contribution is -0.130. The smallest absolute Gasteiger partial charge is 0.219 e. The van der Waals surface area contributed by atoms with Crippen molar-refractivity contribution in [3.8, 4) is 5.75 Å². The molecule has 1 aliphatic rings. The first-order valence-electron chi connectivity index (χ1n) is 6.68. The summed E-state index contributed by atoms with van der Waals surface area (Å²) in [7, 11) is 1.68. The van der Waals surface area contributed by atoms with Gasteiger partial charge in [0.1, 0.15) is 5.75 Å². The van der Waals surface area contributed by atoms with Gasteiger partial charge >= 0.3 is 0 Å². The van der Waals surface area contributed by atoms with E-state index in [2.05, 4.69) is 12.1 Å². The van der Waals surface area contributed by atoms with Gasteiger partial charge in [0.05, 0.1) is 7.11 Å². The molecule has 104 valence electrons. The van der Waals surface area contributed by atoms with Crippen LogP contribution in [0.5, 0.6) is 5.75 Å². The van der Waals surface area contributed by atoms with E-state index in [9.17, 15) is 4.79 Å². The van der Waals surface area contributed by atoms with Gasteiger partial charge in [0, 0.05) is 32.0 Å². The number of amides is 1. The number of rotatable bonds is 2. The topological polar surface area (TPSA) is 55.6 Å². The molecule has 2 unspecified atom stereocenters. The third kappa shape index (κ3) is 2.89. The average molecular weight is 262 g/mol. The second-order valence-electron chi connectivity index (χ2n) is 5.25. The number of benzene rings is 1. The van der Waals surface area contributed by atoms with Crippen LogP contribution >= 0.6 is 0 Å². The van der Waals surface area contributed by atoms with E-state index in [0.29, 0.717) is 12.5 Å². The molecule has 1 aliphatic heterocycles. The molecule has 1 fully saturated rings.